The van der Waals surface area contributed by atoms with E-state index >= 15 is 4.79 Å². The molecule has 18 nitrogen and oxygen atoms in total. The predicted octanol–water partition coefficient (Wildman–Crippen LogP) is 4.96. The van der Waals surface area contributed by atoms with Gasteiger partial charge in [0.05, 0.1) is 49.6 Å². The number of carbonyl (C=O) groups excluding carboxylic acids is 6. The number of allylic oxidation sites excluding steroid dienone is 2. The lowest BCUT2D eigenvalue weighted by atomic mass is 9.33. The van der Waals surface area contributed by atoms with Gasteiger partial charge >= 0.3 is 23.9 Å². The van der Waals surface area contributed by atoms with Gasteiger partial charge in [-0.05, 0) is 109 Å². The molecule has 382 valence electrons. The first-order chi connectivity index (χ1) is 32.1. The molecule has 2 amide bonds. The highest BCUT2D eigenvalue weighted by atomic mass is 16.6. The van der Waals surface area contributed by atoms with E-state index in [1.807, 2.05) is 0 Å². The third kappa shape index (κ3) is 9.10. The Morgan fingerprint density at radius 2 is 1.57 bits per heavy atom. The number of hydrogen-bond acceptors (Lipinski definition) is 15. The van der Waals surface area contributed by atoms with Gasteiger partial charge in [0.25, 0.3) is 0 Å². The minimum absolute atomic E-state index is 0.0207. The summed E-state index contributed by atoms with van der Waals surface area (Å²) in [7, 11) is 1.14. The summed E-state index contributed by atoms with van der Waals surface area (Å²) >= 11 is 0. The molecule has 69 heavy (non-hydrogen) atoms. The number of amides is 2. The Labute approximate surface area is 405 Å². The molecule has 5 aliphatic carbocycles. The molecule has 0 spiro atoms. The van der Waals surface area contributed by atoms with Crippen LogP contribution in [0.3, 0.4) is 0 Å². The van der Waals surface area contributed by atoms with Crippen LogP contribution in [0.1, 0.15) is 146 Å². The highest BCUT2D eigenvalue weighted by Crippen LogP contribution is 2.75. The van der Waals surface area contributed by atoms with Crippen molar-refractivity contribution in [3.05, 3.63) is 35.4 Å². The normalized spacial score (nSPS) is 37.1. The van der Waals surface area contributed by atoms with Crippen LogP contribution in [-0.4, -0.2) is 111 Å². The zero-order valence-electron chi connectivity index (χ0n) is 42.5. The van der Waals surface area contributed by atoms with Gasteiger partial charge in [0.15, 0.2) is 18.3 Å². The molecule has 4 fully saturated rings. The van der Waals surface area contributed by atoms with Crippen molar-refractivity contribution in [1.82, 2.24) is 25.6 Å². The van der Waals surface area contributed by atoms with E-state index in [4.69, 9.17) is 23.7 Å². The molecule has 2 heterocycles. The lowest BCUT2D eigenvalue weighted by molar-refractivity contribution is -0.215. The van der Waals surface area contributed by atoms with E-state index in [1.165, 1.54) is 29.5 Å². The van der Waals surface area contributed by atoms with Crippen molar-refractivity contribution in [3.63, 3.8) is 0 Å². The average molecular weight is 966 g/mol. The van der Waals surface area contributed by atoms with Crippen LogP contribution in [0.4, 0.5) is 0 Å². The minimum Gasteiger partial charge on any atom is -0.477 e. The van der Waals surface area contributed by atoms with Crippen LogP contribution in [-0.2, 0) is 59.0 Å². The molecule has 1 aromatic heterocycles. The van der Waals surface area contributed by atoms with Crippen molar-refractivity contribution >= 4 is 35.7 Å². The van der Waals surface area contributed by atoms with Gasteiger partial charge < -0.3 is 44.5 Å². The molecule has 14 atom stereocenters. The summed E-state index contributed by atoms with van der Waals surface area (Å²) in [6.07, 6.45) is 6.68. The van der Waals surface area contributed by atoms with Crippen LogP contribution in [0.25, 0.3) is 0 Å². The molecule has 7 rings (SSSR count). The van der Waals surface area contributed by atoms with E-state index in [-0.39, 0.29) is 57.3 Å². The molecule has 0 saturated heterocycles. The molecule has 0 unspecified atom stereocenters. The van der Waals surface area contributed by atoms with E-state index in [2.05, 4.69) is 75.5 Å². The fourth-order valence-corrected chi connectivity index (χ4v) is 14.6. The smallest absolute Gasteiger partial charge is 0.373 e. The lowest BCUT2D eigenvalue weighted by Crippen LogP contribution is -2.68. The Morgan fingerprint density at radius 1 is 0.870 bits per heavy atom. The minimum atomic E-state index is -1.56. The molecule has 6 aliphatic rings. The summed E-state index contributed by atoms with van der Waals surface area (Å²) in [5.41, 5.74) is -0.225. The van der Waals surface area contributed by atoms with E-state index in [0.29, 0.717) is 30.4 Å². The van der Waals surface area contributed by atoms with Crippen molar-refractivity contribution in [1.29, 1.82) is 0 Å². The monoisotopic (exact) mass is 966 g/mol. The molecule has 0 aromatic carbocycles. The largest absolute Gasteiger partial charge is 0.477 e. The zero-order valence-corrected chi connectivity index (χ0v) is 42.5. The summed E-state index contributed by atoms with van der Waals surface area (Å²) in [5.74, 6) is -3.92. The second kappa shape index (κ2) is 18.7. The Kier molecular flexibility index (Phi) is 14.1. The second-order valence-electron chi connectivity index (χ2n) is 23.1. The summed E-state index contributed by atoms with van der Waals surface area (Å²) in [5, 5.41) is 38.6. The quantitative estimate of drug-likeness (QED) is 0.123. The maximum atomic E-state index is 15.1. The van der Waals surface area contributed by atoms with Gasteiger partial charge in [-0.3, -0.25) is 24.0 Å². The predicted molar refractivity (Wildman–Crippen MR) is 248 cm³/mol. The van der Waals surface area contributed by atoms with Crippen molar-refractivity contribution in [3.8, 4) is 0 Å². The highest BCUT2D eigenvalue weighted by Gasteiger charge is 2.71. The number of rotatable bonds is 12. The van der Waals surface area contributed by atoms with Crippen LogP contribution in [0, 0.1) is 50.2 Å². The molecule has 4 saturated carbocycles. The number of methoxy groups -OCH3 is 1. The standard InChI is InChI=1S/C51H75N5O13/c1-27(57)53-41-34(21-35(44(63)65-12)69-43(41)42(68-30(4)60)36(67-29(3)59)26-66-28(2)58)56-25-31(54-55-56)24-52-45(64)51-20-19-46(5,6)22-33(51)32-13-14-38-48(9)17-16-39(61)47(7,8)37(48)15-18-49(38,10)50(32,11)23-40(51)62/h13,21,25,33-34,36-43,61-62H,14-20,22-24,26H2,1-12H3,(H,52,64)(H,53,57)/t33-,34-,36+,37-,38+,39-,40+,41+,42+,43+,48-,49+,50+,51+/m0/s1. The molecule has 1 aromatic rings. The first kappa shape index (κ1) is 52.0. The van der Waals surface area contributed by atoms with Crippen LogP contribution >= 0.6 is 0 Å². The Hall–Kier alpha value is -4.84. The summed E-state index contributed by atoms with van der Waals surface area (Å²) in [6, 6.07) is -2.26. The zero-order chi connectivity index (χ0) is 50.8. The molecule has 0 bridgehead atoms. The van der Waals surface area contributed by atoms with Crippen LogP contribution < -0.4 is 10.6 Å². The number of esters is 4. The number of aliphatic hydroxyl groups excluding tert-OH is 2. The van der Waals surface area contributed by atoms with Gasteiger partial charge in [0.2, 0.25) is 17.6 Å². The Balaban J connectivity index is 1.19. The van der Waals surface area contributed by atoms with Crippen LogP contribution in [0.15, 0.2) is 29.7 Å². The molecule has 0 radical (unpaired) electrons. The van der Waals surface area contributed by atoms with Crippen LogP contribution in [0.2, 0.25) is 0 Å². The molecule has 18 heteroatoms. The fourth-order valence-electron chi connectivity index (χ4n) is 14.6. The topological polar surface area (TPSA) is 244 Å². The number of ether oxygens (including phenoxy) is 5. The number of aromatic nitrogens is 3. The van der Waals surface area contributed by atoms with Gasteiger partial charge in [-0.15, -0.1) is 5.10 Å². The van der Waals surface area contributed by atoms with E-state index in [0.717, 1.165) is 72.8 Å². The van der Waals surface area contributed by atoms with Crippen molar-refractivity contribution in [2.45, 2.75) is 183 Å². The summed E-state index contributed by atoms with van der Waals surface area (Å²) in [6.45, 7) is 20.2. The number of nitrogens with one attached hydrogen (secondary N) is 2. The number of fused-ring (bicyclic) bond motifs is 7. The molecular formula is C51H75N5O13. The van der Waals surface area contributed by atoms with E-state index in [1.54, 1.807) is 0 Å². The average Bonchev–Trinajstić information content (AvgIpc) is 3.73. The number of nitrogens with zero attached hydrogens (tertiary/aromatic N) is 3. The SMILES string of the molecule is COC(=O)C1=C[C@H](n2cc(CNC(=O)[C@]34CCC(C)(C)C[C@H]3C3=CC[C@@H]5[C@@]6(C)CC[C@H](O)C(C)(C)[C@@H]6CC[C@@]5(C)[C@]3(C)C[C@H]4O)nn2)[C@@H](NC(C)=O)[C@H]([C@H](OC(C)=O)[C@@H](COC(C)=O)OC(C)=O)O1. The highest BCUT2D eigenvalue weighted by molar-refractivity contribution is 5.87. The molecule has 4 N–H and O–H groups in total. The number of hydrogen-bond donors (Lipinski definition) is 4. The van der Waals surface area contributed by atoms with Crippen molar-refractivity contribution in [2.75, 3.05) is 13.7 Å². The molecule has 1 aliphatic heterocycles. The third-order valence-electron chi connectivity index (χ3n) is 18.2. The first-order valence-electron chi connectivity index (χ1n) is 24.6. The summed E-state index contributed by atoms with van der Waals surface area (Å²) in [4.78, 5) is 77.9. The lowest BCUT2D eigenvalue weighted by Gasteiger charge is -2.71. The van der Waals surface area contributed by atoms with Crippen LogP contribution in [0.5, 0.6) is 0 Å². The number of carbonyl (C=O) groups is 6. The first-order valence-corrected chi connectivity index (χ1v) is 24.6. The summed E-state index contributed by atoms with van der Waals surface area (Å²) < 4.78 is 28.7. The maximum Gasteiger partial charge on any atom is 0.373 e. The van der Waals surface area contributed by atoms with E-state index < -0.39 is 78.3 Å². The van der Waals surface area contributed by atoms with E-state index in [9.17, 15) is 34.2 Å². The Morgan fingerprint density at radius 3 is 2.20 bits per heavy atom. The fraction of sp³-hybridized carbons (Fsp3) is 0.765. The molecular weight excluding hydrogens is 891 g/mol. The third-order valence-corrected chi connectivity index (χ3v) is 18.2. The second-order valence-corrected chi connectivity index (χ2v) is 23.1. The van der Waals surface area contributed by atoms with Gasteiger partial charge in [0, 0.05) is 27.7 Å². The van der Waals surface area contributed by atoms with Gasteiger partial charge in [-0.1, -0.05) is 65.3 Å². The van der Waals surface area contributed by atoms with Gasteiger partial charge in [0.1, 0.15) is 12.3 Å². The van der Waals surface area contributed by atoms with Crippen molar-refractivity contribution in [2.24, 2.45) is 50.2 Å². The number of aliphatic hydroxyl groups is 2. The van der Waals surface area contributed by atoms with Gasteiger partial charge in [-0.25, -0.2) is 9.48 Å². The Bertz CT molecular complexity index is 2270. The van der Waals surface area contributed by atoms with Crippen molar-refractivity contribution < 1.29 is 62.7 Å². The maximum absolute atomic E-state index is 15.1. The van der Waals surface area contributed by atoms with Gasteiger partial charge in [-0.2, -0.15) is 0 Å².